The summed E-state index contributed by atoms with van der Waals surface area (Å²) >= 11 is 0. The molecule has 1 fully saturated rings. The molecule has 4 rings (SSSR count). The molecule has 0 saturated heterocycles. The van der Waals surface area contributed by atoms with Gasteiger partial charge in [0.2, 0.25) is 0 Å². The molecule has 1 saturated carbocycles. The van der Waals surface area contributed by atoms with E-state index in [9.17, 15) is 4.79 Å². The predicted molar refractivity (Wildman–Crippen MR) is 104 cm³/mol. The first-order valence-corrected chi connectivity index (χ1v) is 10.2. The van der Waals surface area contributed by atoms with E-state index in [1.54, 1.807) is 12.7 Å². The first-order valence-electron chi connectivity index (χ1n) is 10.2. The predicted octanol–water partition coefficient (Wildman–Crippen LogP) is 5.35. The summed E-state index contributed by atoms with van der Waals surface area (Å²) in [4.78, 5) is 12.8. The highest BCUT2D eigenvalue weighted by Crippen LogP contribution is 2.59. The van der Waals surface area contributed by atoms with Gasteiger partial charge in [-0.1, -0.05) is 18.9 Å². The van der Waals surface area contributed by atoms with E-state index in [1.165, 1.54) is 16.7 Å². The van der Waals surface area contributed by atoms with Crippen molar-refractivity contribution in [3.8, 4) is 11.5 Å². The first-order chi connectivity index (χ1) is 12.6. The van der Waals surface area contributed by atoms with Gasteiger partial charge in [-0.3, -0.25) is 4.79 Å². The van der Waals surface area contributed by atoms with Gasteiger partial charge in [-0.05, 0) is 80.2 Å². The summed E-state index contributed by atoms with van der Waals surface area (Å²) in [6, 6.07) is 4.35. The SMILES string of the molecule is CCC[C@]12CCC3=C(CCc4cc(OC)c(OCC)cc43)[C@@H]1CCC2=O. The van der Waals surface area contributed by atoms with E-state index in [0.717, 1.165) is 62.9 Å². The monoisotopic (exact) mass is 354 g/mol. The lowest BCUT2D eigenvalue weighted by Gasteiger charge is -2.43. The fraction of sp³-hybridized carbons (Fsp3) is 0.609. The Morgan fingerprint density at radius 1 is 1.12 bits per heavy atom. The fourth-order valence-corrected chi connectivity index (χ4v) is 5.84. The Kier molecular flexibility index (Phi) is 4.58. The normalized spacial score (nSPS) is 27.0. The van der Waals surface area contributed by atoms with Crippen molar-refractivity contribution in [1.29, 1.82) is 0 Å². The molecule has 0 spiro atoms. The molecule has 0 aromatic heterocycles. The minimum atomic E-state index is -0.0553. The zero-order valence-electron chi connectivity index (χ0n) is 16.3. The van der Waals surface area contributed by atoms with Crippen molar-refractivity contribution >= 4 is 11.4 Å². The van der Waals surface area contributed by atoms with Crippen molar-refractivity contribution in [2.45, 2.75) is 65.2 Å². The summed E-state index contributed by atoms with van der Waals surface area (Å²) < 4.78 is 11.4. The Morgan fingerprint density at radius 2 is 1.96 bits per heavy atom. The van der Waals surface area contributed by atoms with Crippen molar-refractivity contribution in [2.24, 2.45) is 11.3 Å². The number of hydrogen-bond acceptors (Lipinski definition) is 3. The van der Waals surface area contributed by atoms with E-state index in [0.29, 0.717) is 18.3 Å². The number of Topliss-reactive ketones (excluding diaryl/α,β-unsaturated/α-hetero) is 1. The Labute approximate surface area is 156 Å². The Morgan fingerprint density at radius 3 is 2.69 bits per heavy atom. The lowest BCUT2D eigenvalue weighted by Crippen LogP contribution is -2.37. The summed E-state index contributed by atoms with van der Waals surface area (Å²) in [7, 11) is 1.71. The molecule has 0 heterocycles. The molecule has 3 heteroatoms. The minimum absolute atomic E-state index is 0.0553. The van der Waals surface area contributed by atoms with E-state index >= 15 is 0 Å². The van der Waals surface area contributed by atoms with E-state index in [-0.39, 0.29) is 5.41 Å². The standard InChI is InChI=1S/C23H30O3/c1-4-11-23-12-10-16-17(19(23)8-9-22(23)24)7-6-15-13-20(25-3)21(26-5-2)14-18(15)16/h13-14,19H,4-12H2,1-3H3/t19-,23-/m0/s1. The molecule has 3 aliphatic carbocycles. The van der Waals surface area contributed by atoms with Gasteiger partial charge in [-0.15, -0.1) is 0 Å². The van der Waals surface area contributed by atoms with Crippen LogP contribution in [0.4, 0.5) is 0 Å². The smallest absolute Gasteiger partial charge is 0.161 e. The van der Waals surface area contributed by atoms with E-state index < -0.39 is 0 Å². The average molecular weight is 354 g/mol. The highest BCUT2D eigenvalue weighted by molar-refractivity contribution is 5.90. The lowest BCUT2D eigenvalue weighted by atomic mass is 9.60. The third-order valence-electron chi connectivity index (χ3n) is 6.89. The first kappa shape index (κ1) is 17.6. The second kappa shape index (κ2) is 6.75. The van der Waals surface area contributed by atoms with Crippen molar-refractivity contribution in [3.63, 3.8) is 0 Å². The lowest BCUT2D eigenvalue weighted by molar-refractivity contribution is -0.127. The number of aryl methyl sites for hydroxylation is 1. The van der Waals surface area contributed by atoms with Crippen LogP contribution in [0.15, 0.2) is 17.7 Å². The van der Waals surface area contributed by atoms with Crippen LogP contribution in [0, 0.1) is 11.3 Å². The van der Waals surface area contributed by atoms with Crippen LogP contribution in [0.5, 0.6) is 11.5 Å². The molecule has 0 N–H and O–H groups in total. The summed E-state index contributed by atoms with van der Waals surface area (Å²) in [5.74, 6) is 2.69. The molecule has 1 aromatic rings. The van der Waals surface area contributed by atoms with Crippen LogP contribution in [0.1, 0.15) is 69.9 Å². The molecule has 0 amide bonds. The summed E-state index contributed by atoms with van der Waals surface area (Å²) in [5, 5.41) is 0. The van der Waals surface area contributed by atoms with Crippen molar-refractivity contribution in [2.75, 3.05) is 13.7 Å². The molecule has 0 bridgehead atoms. The number of fused-ring (bicyclic) bond motifs is 4. The van der Waals surface area contributed by atoms with Crippen LogP contribution >= 0.6 is 0 Å². The maximum atomic E-state index is 12.8. The van der Waals surface area contributed by atoms with Gasteiger partial charge < -0.3 is 9.47 Å². The number of carbonyl (C=O) groups excluding carboxylic acids is 1. The average Bonchev–Trinajstić information content (AvgIpc) is 2.98. The number of allylic oxidation sites excluding steroid dienone is 2. The zero-order valence-corrected chi connectivity index (χ0v) is 16.3. The molecular formula is C23H30O3. The van der Waals surface area contributed by atoms with Crippen LogP contribution in [0.2, 0.25) is 0 Å². The zero-order chi connectivity index (χ0) is 18.3. The molecule has 0 unspecified atom stereocenters. The van der Waals surface area contributed by atoms with E-state index in [1.807, 2.05) is 6.92 Å². The molecule has 3 nitrogen and oxygen atoms in total. The number of rotatable bonds is 5. The largest absolute Gasteiger partial charge is 0.493 e. The molecule has 1 aromatic carbocycles. The number of ether oxygens (including phenoxy) is 2. The van der Waals surface area contributed by atoms with E-state index in [2.05, 4.69) is 19.1 Å². The summed E-state index contributed by atoms with van der Waals surface area (Å²) in [6.07, 6.45) is 8.20. The topological polar surface area (TPSA) is 35.5 Å². The maximum Gasteiger partial charge on any atom is 0.161 e. The molecule has 140 valence electrons. The van der Waals surface area contributed by atoms with Crippen molar-refractivity contribution in [3.05, 3.63) is 28.8 Å². The number of hydrogen-bond donors (Lipinski definition) is 0. The maximum absolute atomic E-state index is 12.8. The Bertz CT molecular complexity index is 761. The van der Waals surface area contributed by atoms with Gasteiger partial charge in [0.15, 0.2) is 11.5 Å². The molecule has 0 radical (unpaired) electrons. The third-order valence-corrected chi connectivity index (χ3v) is 6.89. The van der Waals surface area contributed by atoms with Crippen molar-refractivity contribution < 1.29 is 14.3 Å². The van der Waals surface area contributed by atoms with Gasteiger partial charge in [0, 0.05) is 11.8 Å². The molecule has 0 aliphatic heterocycles. The molecule has 26 heavy (non-hydrogen) atoms. The summed E-state index contributed by atoms with van der Waals surface area (Å²) in [5.41, 5.74) is 5.74. The van der Waals surface area contributed by atoms with Gasteiger partial charge >= 0.3 is 0 Å². The highest BCUT2D eigenvalue weighted by Gasteiger charge is 2.52. The fourth-order valence-electron chi connectivity index (χ4n) is 5.84. The van der Waals surface area contributed by atoms with Crippen LogP contribution in [-0.2, 0) is 11.2 Å². The van der Waals surface area contributed by atoms with Gasteiger partial charge in [0.1, 0.15) is 5.78 Å². The summed E-state index contributed by atoms with van der Waals surface area (Å²) in [6.45, 7) is 4.86. The number of ketones is 1. The van der Waals surface area contributed by atoms with Gasteiger partial charge in [-0.25, -0.2) is 0 Å². The number of carbonyl (C=O) groups is 1. The van der Waals surface area contributed by atoms with Crippen molar-refractivity contribution in [1.82, 2.24) is 0 Å². The molecular weight excluding hydrogens is 324 g/mol. The molecule has 3 aliphatic rings. The quantitative estimate of drug-likeness (QED) is 0.715. The van der Waals surface area contributed by atoms with Crippen LogP contribution < -0.4 is 9.47 Å². The minimum Gasteiger partial charge on any atom is -0.493 e. The van der Waals surface area contributed by atoms with Gasteiger partial charge in [-0.2, -0.15) is 0 Å². The molecule has 2 atom stereocenters. The van der Waals surface area contributed by atoms with E-state index in [4.69, 9.17) is 9.47 Å². The number of methoxy groups -OCH3 is 1. The van der Waals surface area contributed by atoms with Crippen LogP contribution in [0.25, 0.3) is 5.57 Å². The Balaban J connectivity index is 1.79. The third kappa shape index (κ3) is 2.51. The Hall–Kier alpha value is -1.77. The second-order valence-corrected chi connectivity index (χ2v) is 8.02. The second-order valence-electron chi connectivity index (χ2n) is 8.02. The van der Waals surface area contributed by atoms with Crippen LogP contribution in [-0.4, -0.2) is 19.5 Å². The van der Waals surface area contributed by atoms with Gasteiger partial charge in [0.25, 0.3) is 0 Å². The van der Waals surface area contributed by atoms with Crippen LogP contribution in [0.3, 0.4) is 0 Å². The number of benzene rings is 1. The highest BCUT2D eigenvalue weighted by atomic mass is 16.5. The van der Waals surface area contributed by atoms with Gasteiger partial charge in [0.05, 0.1) is 13.7 Å².